The number of pyridine rings is 1. The van der Waals surface area contributed by atoms with Gasteiger partial charge in [-0.1, -0.05) is 11.6 Å². The number of hydrogen-bond donors (Lipinski definition) is 0. The van der Waals surface area contributed by atoms with Crippen LogP contribution in [0.15, 0.2) is 23.6 Å². The van der Waals surface area contributed by atoms with Gasteiger partial charge in [-0.15, -0.1) is 4.91 Å². The second kappa shape index (κ2) is 2.55. The highest BCUT2D eigenvalue weighted by molar-refractivity contribution is 6.32. The Morgan fingerprint density at radius 2 is 2.44 bits per heavy atom. The monoisotopic (exact) mass is 142 g/mol. The van der Waals surface area contributed by atoms with Gasteiger partial charge in [-0.3, -0.25) is 4.98 Å². The number of hydrogen-bond acceptors (Lipinski definition) is 3. The zero-order valence-corrected chi connectivity index (χ0v) is 5.17. The summed E-state index contributed by atoms with van der Waals surface area (Å²) in [5, 5.41) is 2.96. The molecule has 0 aliphatic carbocycles. The van der Waals surface area contributed by atoms with Gasteiger partial charge in [0.25, 0.3) is 0 Å². The maximum atomic E-state index is 9.85. The lowest BCUT2D eigenvalue weighted by Gasteiger charge is -1.87. The fourth-order valence-corrected chi connectivity index (χ4v) is 0.576. The molecule has 0 aliphatic heterocycles. The van der Waals surface area contributed by atoms with Gasteiger partial charge in [0.1, 0.15) is 5.69 Å². The second-order valence-corrected chi connectivity index (χ2v) is 1.83. The van der Waals surface area contributed by atoms with Crippen molar-refractivity contribution in [2.75, 3.05) is 0 Å². The summed E-state index contributed by atoms with van der Waals surface area (Å²) < 4.78 is 0. The van der Waals surface area contributed by atoms with Gasteiger partial charge in [-0.05, 0) is 11.2 Å². The molecule has 1 heterocycles. The largest absolute Gasteiger partial charge is 0.262 e. The van der Waals surface area contributed by atoms with Gasteiger partial charge in [0, 0.05) is 6.20 Å². The van der Waals surface area contributed by atoms with Crippen molar-refractivity contribution in [2.45, 2.75) is 0 Å². The minimum Gasteiger partial charge on any atom is -0.262 e. The molecule has 46 valence electrons. The van der Waals surface area contributed by atoms with E-state index in [0.29, 0.717) is 5.02 Å². The van der Waals surface area contributed by atoms with Crippen molar-refractivity contribution >= 4 is 17.3 Å². The van der Waals surface area contributed by atoms with Gasteiger partial charge < -0.3 is 0 Å². The van der Waals surface area contributed by atoms with E-state index in [9.17, 15) is 4.91 Å². The summed E-state index contributed by atoms with van der Waals surface area (Å²) in [5.74, 6) is 0. The summed E-state index contributed by atoms with van der Waals surface area (Å²) >= 11 is 5.49. The Morgan fingerprint density at radius 3 is 2.89 bits per heavy atom. The van der Waals surface area contributed by atoms with Crippen molar-refractivity contribution in [3.05, 3.63) is 28.4 Å². The van der Waals surface area contributed by atoms with Crippen LogP contribution >= 0.6 is 11.6 Å². The lowest BCUT2D eigenvalue weighted by Crippen LogP contribution is -1.68. The van der Waals surface area contributed by atoms with Crippen molar-refractivity contribution in [2.24, 2.45) is 5.18 Å². The van der Waals surface area contributed by atoms with Crippen LogP contribution in [0.3, 0.4) is 0 Å². The predicted octanol–water partition coefficient (Wildman–Crippen LogP) is 2.13. The molecule has 1 aromatic rings. The summed E-state index contributed by atoms with van der Waals surface area (Å²) in [5.41, 5.74) is 0.180. The standard InChI is InChI=1S/C5H3ClN2O/c6-4-1-2-7-3-5(4)8-9/h1-3H. The second-order valence-electron chi connectivity index (χ2n) is 1.42. The van der Waals surface area contributed by atoms with E-state index < -0.39 is 0 Å². The third kappa shape index (κ3) is 1.23. The molecule has 0 saturated carbocycles. The zero-order chi connectivity index (χ0) is 6.69. The van der Waals surface area contributed by atoms with Crippen molar-refractivity contribution in [3.8, 4) is 0 Å². The van der Waals surface area contributed by atoms with Crippen molar-refractivity contribution in [1.82, 2.24) is 4.98 Å². The highest BCUT2D eigenvalue weighted by Crippen LogP contribution is 2.21. The molecule has 0 N–H and O–H groups in total. The van der Waals surface area contributed by atoms with Crippen molar-refractivity contribution in [3.63, 3.8) is 0 Å². The Kier molecular flexibility index (Phi) is 1.75. The average molecular weight is 143 g/mol. The molecule has 0 saturated heterocycles. The van der Waals surface area contributed by atoms with Gasteiger partial charge in [0.2, 0.25) is 0 Å². The van der Waals surface area contributed by atoms with Gasteiger partial charge in [0.15, 0.2) is 0 Å². The Labute approximate surface area is 56.6 Å². The topological polar surface area (TPSA) is 42.3 Å². The Morgan fingerprint density at radius 1 is 1.67 bits per heavy atom. The predicted molar refractivity (Wildman–Crippen MR) is 34.7 cm³/mol. The number of aromatic nitrogens is 1. The van der Waals surface area contributed by atoms with Crippen LogP contribution in [0, 0.1) is 4.91 Å². The molecule has 0 radical (unpaired) electrons. The number of nitroso groups, excluding NO2 is 1. The van der Waals surface area contributed by atoms with Gasteiger partial charge >= 0.3 is 0 Å². The van der Waals surface area contributed by atoms with Gasteiger partial charge in [0.05, 0.1) is 11.2 Å². The van der Waals surface area contributed by atoms with Crippen LogP contribution in [0.4, 0.5) is 5.69 Å². The molecule has 0 spiro atoms. The van der Waals surface area contributed by atoms with E-state index in [0.717, 1.165) is 0 Å². The van der Waals surface area contributed by atoms with E-state index in [1.54, 1.807) is 0 Å². The number of rotatable bonds is 1. The van der Waals surface area contributed by atoms with Crippen LogP contribution in [-0.4, -0.2) is 4.98 Å². The van der Waals surface area contributed by atoms with E-state index in [-0.39, 0.29) is 5.69 Å². The SMILES string of the molecule is O=Nc1cnccc1Cl. The van der Waals surface area contributed by atoms with Gasteiger partial charge in [-0.25, -0.2) is 0 Å². The summed E-state index contributed by atoms with van der Waals surface area (Å²) in [6.45, 7) is 0. The molecule has 4 heteroatoms. The molecule has 0 aromatic carbocycles. The first-order valence-corrected chi connectivity index (χ1v) is 2.65. The van der Waals surface area contributed by atoms with E-state index >= 15 is 0 Å². The average Bonchev–Trinajstić information content (AvgIpc) is 1.89. The Hall–Kier alpha value is -0.960. The van der Waals surface area contributed by atoms with E-state index in [1.807, 2.05) is 0 Å². The summed E-state index contributed by atoms with van der Waals surface area (Å²) in [6, 6.07) is 1.51. The summed E-state index contributed by atoms with van der Waals surface area (Å²) in [6.07, 6.45) is 2.81. The molecule has 1 rings (SSSR count). The number of halogens is 1. The lowest BCUT2D eigenvalue weighted by molar-refractivity contribution is 1.30. The molecule has 0 aliphatic rings. The molecule has 3 nitrogen and oxygen atoms in total. The maximum Gasteiger partial charge on any atom is 0.144 e. The van der Waals surface area contributed by atoms with Crippen LogP contribution in [0.5, 0.6) is 0 Å². The molecular weight excluding hydrogens is 140 g/mol. The molecule has 9 heavy (non-hydrogen) atoms. The third-order valence-electron chi connectivity index (χ3n) is 0.847. The fourth-order valence-electron chi connectivity index (χ4n) is 0.436. The highest BCUT2D eigenvalue weighted by Gasteiger charge is 1.95. The summed E-state index contributed by atoms with van der Waals surface area (Å²) in [7, 11) is 0. The van der Waals surface area contributed by atoms with Crippen molar-refractivity contribution in [1.29, 1.82) is 0 Å². The maximum absolute atomic E-state index is 9.85. The molecule has 0 unspecified atom stereocenters. The molecule has 0 fully saturated rings. The van der Waals surface area contributed by atoms with Gasteiger partial charge in [-0.2, -0.15) is 0 Å². The highest BCUT2D eigenvalue weighted by atomic mass is 35.5. The Bertz CT molecular complexity index is 226. The number of nitrogens with zero attached hydrogens (tertiary/aromatic N) is 2. The molecule has 0 bridgehead atoms. The van der Waals surface area contributed by atoms with Crippen LogP contribution in [0.25, 0.3) is 0 Å². The first-order chi connectivity index (χ1) is 4.34. The Balaban J connectivity index is 3.15. The molecule has 1 aromatic heterocycles. The fraction of sp³-hybridized carbons (Fsp3) is 0. The lowest BCUT2D eigenvalue weighted by atomic mass is 10.4. The van der Waals surface area contributed by atoms with E-state index in [2.05, 4.69) is 10.2 Å². The normalized spacial score (nSPS) is 9.00. The van der Waals surface area contributed by atoms with Crippen LogP contribution < -0.4 is 0 Å². The third-order valence-corrected chi connectivity index (χ3v) is 1.17. The first-order valence-electron chi connectivity index (χ1n) is 2.27. The molecular formula is C5H3ClN2O. The zero-order valence-electron chi connectivity index (χ0n) is 4.41. The molecule has 0 atom stereocenters. The van der Waals surface area contributed by atoms with E-state index in [1.165, 1.54) is 18.5 Å². The van der Waals surface area contributed by atoms with Crippen LogP contribution in [0.2, 0.25) is 5.02 Å². The quantitative estimate of drug-likeness (QED) is 0.564. The molecule has 0 amide bonds. The van der Waals surface area contributed by atoms with Crippen LogP contribution in [-0.2, 0) is 0 Å². The summed E-state index contributed by atoms with van der Waals surface area (Å²) in [4.78, 5) is 13.5. The smallest absolute Gasteiger partial charge is 0.144 e. The van der Waals surface area contributed by atoms with E-state index in [4.69, 9.17) is 11.6 Å². The minimum atomic E-state index is 0.180. The van der Waals surface area contributed by atoms with Crippen molar-refractivity contribution < 1.29 is 0 Å². The minimum absolute atomic E-state index is 0.180. The van der Waals surface area contributed by atoms with Crippen LogP contribution in [0.1, 0.15) is 0 Å². The first kappa shape index (κ1) is 6.16.